The first-order valence-corrected chi connectivity index (χ1v) is 5.36. The van der Waals surface area contributed by atoms with Crippen LogP contribution in [0.25, 0.3) is 0 Å². The maximum absolute atomic E-state index is 5.67. The Morgan fingerprint density at radius 3 is 2.36 bits per heavy atom. The standard InChI is InChI=1S/C14H16/c1-2-14(10-6-7-11-14)12-13-8-4-3-5-9-13/h1,3-5,8-9H,6-7,10-12H2. The zero-order valence-electron chi connectivity index (χ0n) is 8.50. The summed E-state index contributed by atoms with van der Waals surface area (Å²) in [6.45, 7) is 0. The molecule has 0 bridgehead atoms. The van der Waals surface area contributed by atoms with E-state index in [1.807, 2.05) is 0 Å². The fourth-order valence-electron chi connectivity index (χ4n) is 2.41. The van der Waals surface area contributed by atoms with Gasteiger partial charge in [-0.3, -0.25) is 0 Å². The average Bonchev–Trinajstić information content (AvgIpc) is 2.69. The zero-order valence-corrected chi connectivity index (χ0v) is 8.50. The Bertz CT molecular complexity index is 323. The molecule has 2 rings (SSSR count). The lowest BCUT2D eigenvalue weighted by molar-refractivity contribution is 0.414. The van der Waals surface area contributed by atoms with Gasteiger partial charge in [0.1, 0.15) is 0 Å². The minimum absolute atomic E-state index is 0.168. The van der Waals surface area contributed by atoms with Crippen LogP contribution in [0.4, 0.5) is 0 Å². The van der Waals surface area contributed by atoms with Crippen LogP contribution in [0.1, 0.15) is 31.2 Å². The minimum atomic E-state index is 0.168. The number of hydrogen-bond acceptors (Lipinski definition) is 0. The molecule has 1 saturated carbocycles. The van der Waals surface area contributed by atoms with E-state index < -0.39 is 0 Å². The van der Waals surface area contributed by atoms with E-state index in [4.69, 9.17) is 6.42 Å². The first kappa shape index (κ1) is 9.34. The highest BCUT2D eigenvalue weighted by Crippen LogP contribution is 2.40. The van der Waals surface area contributed by atoms with Crippen LogP contribution in [0, 0.1) is 17.8 Å². The van der Waals surface area contributed by atoms with Crippen molar-refractivity contribution < 1.29 is 0 Å². The van der Waals surface area contributed by atoms with Gasteiger partial charge in [0.15, 0.2) is 0 Å². The number of hydrogen-bond donors (Lipinski definition) is 0. The lowest BCUT2D eigenvalue weighted by Gasteiger charge is -2.22. The first-order valence-electron chi connectivity index (χ1n) is 5.36. The minimum Gasteiger partial charge on any atom is -0.120 e. The second-order valence-corrected chi connectivity index (χ2v) is 4.29. The van der Waals surface area contributed by atoms with Crippen LogP contribution in [0.2, 0.25) is 0 Å². The van der Waals surface area contributed by atoms with Gasteiger partial charge < -0.3 is 0 Å². The Labute approximate surface area is 86.3 Å². The lowest BCUT2D eigenvalue weighted by atomic mass is 9.81. The highest BCUT2D eigenvalue weighted by Gasteiger charge is 2.31. The third-order valence-corrected chi connectivity index (χ3v) is 3.25. The highest BCUT2D eigenvalue weighted by atomic mass is 14.3. The highest BCUT2D eigenvalue weighted by molar-refractivity contribution is 5.21. The van der Waals surface area contributed by atoms with Crippen molar-refractivity contribution in [3.63, 3.8) is 0 Å². The summed E-state index contributed by atoms with van der Waals surface area (Å²) in [5.41, 5.74) is 1.55. The Kier molecular flexibility index (Phi) is 2.59. The molecule has 14 heavy (non-hydrogen) atoms. The second-order valence-electron chi connectivity index (χ2n) is 4.29. The molecule has 0 N–H and O–H groups in total. The van der Waals surface area contributed by atoms with Crippen molar-refractivity contribution in [2.24, 2.45) is 5.41 Å². The molecule has 0 saturated heterocycles. The largest absolute Gasteiger partial charge is 0.120 e. The average molecular weight is 184 g/mol. The summed E-state index contributed by atoms with van der Waals surface area (Å²) in [5.74, 6) is 3.03. The molecule has 1 fully saturated rings. The summed E-state index contributed by atoms with van der Waals surface area (Å²) in [5, 5.41) is 0. The summed E-state index contributed by atoms with van der Waals surface area (Å²) in [6.07, 6.45) is 11.7. The molecular formula is C14H16. The van der Waals surface area contributed by atoms with Crippen molar-refractivity contribution in [2.75, 3.05) is 0 Å². The zero-order chi connectivity index (χ0) is 9.86. The summed E-state index contributed by atoms with van der Waals surface area (Å²) in [6, 6.07) is 10.6. The Morgan fingerprint density at radius 2 is 1.79 bits per heavy atom. The van der Waals surface area contributed by atoms with Crippen LogP contribution >= 0.6 is 0 Å². The van der Waals surface area contributed by atoms with Crippen LogP contribution < -0.4 is 0 Å². The number of benzene rings is 1. The Balaban J connectivity index is 2.13. The molecule has 1 aliphatic carbocycles. The van der Waals surface area contributed by atoms with E-state index in [-0.39, 0.29) is 5.41 Å². The van der Waals surface area contributed by atoms with E-state index in [1.54, 1.807) is 0 Å². The molecule has 72 valence electrons. The molecule has 0 atom stereocenters. The van der Waals surface area contributed by atoms with Gasteiger partial charge in [-0.25, -0.2) is 0 Å². The van der Waals surface area contributed by atoms with Crippen molar-refractivity contribution >= 4 is 0 Å². The number of rotatable bonds is 2. The molecule has 0 spiro atoms. The number of terminal acetylenes is 1. The van der Waals surface area contributed by atoms with E-state index in [9.17, 15) is 0 Å². The second kappa shape index (κ2) is 3.88. The fraction of sp³-hybridized carbons (Fsp3) is 0.429. The fourth-order valence-corrected chi connectivity index (χ4v) is 2.41. The normalized spacial score (nSPS) is 19.1. The molecule has 0 heterocycles. The molecule has 0 heteroatoms. The molecule has 0 amide bonds. The Morgan fingerprint density at radius 1 is 1.14 bits per heavy atom. The summed E-state index contributed by atoms with van der Waals surface area (Å²) >= 11 is 0. The quantitative estimate of drug-likeness (QED) is 0.618. The topological polar surface area (TPSA) is 0 Å². The van der Waals surface area contributed by atoms with Gasteiger partial charge in [-0.05, 0) is 24.8 Å². The molecule has 0 radical (unpaired) electrons. The molecule has 0 aromatic heterocycles. The van der Waals surface area contributed by atoms with Crippen molar-refractivity contribution in [2.45, 2.75) is 32.1 Å². The molecular weight excluding hydrogens is 168 g/mol. The van der Waals surface area contributed by atoms with Gasteiger partial charge in [0.25, 0.3) is 0 Å². The summed E-state index contributed by atoms with van der Waals surface area (Å²) in [4.78, 5) is 0. The van der Waals surface area contributed by atoms with E-state index >= 15 is 0 Å². The van der Waals surface area contributed by atoms with Gasteiger partial charge in [0.2, 0.25) is 0 Å². The predicted octanol–water partition coefficient (Wildman–Crippen LogP) is 3.42. The third kappa shape index (κ3) is 1.82. The van der Waals surface area contributed by atoms with Gasteiger partial charge in [0.05, 0.1) is 0 Å². The van der Waals surface area contributed by atoms with Crippen LogP contribution in [-0.2, 0) is 6.42 Å². The summed E-state index contributed by atoms with van der Waals surface area (Å²) in [7, 11) is 0. The van der Waals surface area contributed by atoms with E-state index in [1.165, 1.54) is 31.2 Å². The molecule has 0 aliphatic heterocycles. The van der Waals surface area contributed by atoms with E-state index in [0.29, 0.717) is 0 Å². The maximum Gasteiger partial charge on any atom is 0.0352 e. The van der Waals surface area contributed by atoms with Gasteiger partial charge in [-0.1, -0.05) is 49.1 Å². The molecule has 0 nitrogen and oxygen atoms in total. The Hall–Kier alpha value is -1.22. The van der Waals surface area contributed by atoms with Gasteiger partial charge in [-0.15, -0.1) is 6.42 Å². The molecule has 0 unspecified atom stereocenters. The monoisotopic (exact) mass is 184 g/mol. The van der Waals surface area contributed by atoms with Crippen molar-refractivity contribution in [1.29, 1.82) is 0 Å². The van der Waals surface area contributed by atoms with Crippen LogP contribution in [-0.4, -0.2) is 0 Å². The summed E-state index contributed by atoms with van der Waals surface area (Å²) < 4.78 is 0. The SMILES string of the molecule is C#CC1(Cc2ccccc2)CCCC1. The van der Waals surface area contributed by atoms with Crippen molar-refractivity contribution in [1.82, 2.24) is 0 Å². The molecule has 1 aromatic carbocycles. The third-order valence-electron chi connectivity index (χ3n) is 3.25. The smallest absolute Gasteiger partial charge is 0.0352 e. The van der Waals surface area contributed by atoms with Gasteiger partial charge in [0, 0.05) is 5.41 Å². The lowest BCUT2D eigenvalue weighted by Crippen LogP contribution is -2.16. The van der Waals surface area contributed by atoms with E-state index in [0.717, 1.165) is 6.42 Å². The van der Waals surface area contributed by atoms with Crippen LogP contribution in [0.5, 0.6) is 0 Å². The molecule has 1 aliphatic rings. The van der Waals surface area contributed by atoms with Gasteiger partial charge in [-0.2, -0.15) is 0 Å². The van der Waals surface area contributed by atoms with Gasteiger partial charge >= 0.3 is 0 Å². The van der Waals surface area contributed by atoms with Crippen LogP contribution in [0.15, 0.2) is 30.3 Å². The predicted molar refractivity (Wildman–Crippen MR) is 59.9 cm³/mol. The first-order chi connectivity index (χ1) is 6.85. The van der Waals surface area contributed by atoms with E-state index in [2.05, 4.69) is 36.3 Å². The van der Waals surface area contributed by atoms with Crippen LogP contribution in [0.3, 0.4) is 0 Å². The maximum atomic E-state index is 5.67. The van der Waals surface area contributed by atoms with Crippen molar-refractivity contribution in [3.8, 4) is 12.3 Å². The van der Waals surface area contributed by atoms with Crippen molar-refractivity contribution in [3.05, 3.63) is 35.9 Å². The molecule has 1 aromatic rings.